The molecule has 0 saturated heterocycles. The third-order valence-electron chi connectivity index (χ3n) is 1.97. The van der Waals surface area contributed by atoms with Crippen LogP contribution in [-0.2, 0) is 0 Å². The Morgan fingerprint density at radius 1 is 1.38 bits per heavy atom. The fraction of sp³-hybridized carbons (Fsp3) is 0.222. The molecule has 1 atom stereocenters. The minimum Gasteiger partial charge on any atom is -0.595 e. The number of carbonyl (C=O) groups is 1. The maximum absolute atomic E-state index is 11.0. The maximum atomic E-state index is 11.0. The van der Waals surface area contributed by atoms with Crippen LogP contribution in [0.1, 0.15) is 10.4 Å². The van der Waals surface area contributed by atoms with Gasteiger partial charge < -0.3 is 14.7 Å². The van der Waals surface area contributed by atoms with Crippen molar-refractivity contribution >= 4 is 22.5 Å². The lowest BCUT2D eigenvalue weighted by molar-refractivity contribution is -0.991. The molecule has 0 fully saturated rings. The third kappa shape index (κ3) is 2.42. The number of ether oxygens (including phenoxy) is 2. The van der Waals surface area contributed by atoms with Crippen molar-refractivity contribution in [2.75, 3.05) is 14.2 Å². The Morgan fingerprint density at radius 2 is 1.88 bits per heavy atom. The molecule has 0 saturated carbocycles. The second-order valence-corrected chi connectivity index (χ2v) is 3.17. The number of benzene rings is 1. The molecule has 1 unspecified atom stereocenters. The fourth-order valence-electron chi connectivity index (χ4n) is 1.22. The Labute approximate surface area is 96.5 Å². The van der Waals surface area contributed by atoms with Crippen molar-refractivity contribution in [1.29, 1.82) is 0 Å². The zero-order valence-corrected chi connectivity index (χ0v) is 9.37. The van der Waals surface area contributed by atoms with E-state index in [9.17, 15) is 10.0 Å². The van der Waals surface area contributed by atoms with Gasteiger partial charge in [-0.15, -0.1) is 0 Å². The maximum Gasteiger partial charge on any atom is 0.258 e. The Kier molecular flexibility index (Phi) is 4.08. The molecular weight excluding hydrogens is 238 g/mol. The van der Waals surface area contributed by atoms with Crippen molar-refractivity contribution in [3.63, 3.8) is 0 Å². The number of carbonyl (C=O) groups excluding carboxylic acids is 1. The Morgan fingerprint density at radius 3 is 2.25 bits per heavy atom. The van der Waals surface area contributed by atoms with Gasteiger partial charge in [0, 0.05) is 12.1 Å². The monoisotopic (exact) mass is 247 g/mol. The molecule has 0 aromatic heterocycles. The highest BCUT2D eigenvalue weighted by atomic mass is 35.5. The van der Waals surface area contributed by atoms with Gasteiger partial charge in [0.15, 0.2) is 17.2 Å². The van der Waals surface area contributed by atoms with Crippen LogP contribution in [0.5, 0.6) is 11.5 Å². The summed E-state index contributed by atoms with van der Waals surface area (Å²) in [5.74, 6) is 0.470. The summed E-state index contributed by atoms with van der Waals surface area (Å²) >= 11 is 5.28. The zero-order valence-electron chi connectivity index (χ0n) is 8.61. The lowest BCUT2D eigenvalue weighted by Crippen LogP contribution is -2.99. The molecule has 0 aliphatic rings. The highest BCUT2D eigenvalue weighted by Gasteiger charge is 2.19. The second-order valence-electron chi connectivity index (χ2n) is 2.83. The van der Waals surface area contributed by atoms with Gasteiger partial charge in [0.05, 0.1) is 14.2 Å². The number of nitrogens with one attached hydrogen (secondary N) is 1. The Bertz CT molecular complexity index is 407. The van der Waals surface area contributed by atoms with E-state index in [1.165, 1.54) is 26.4 Å². The van der Waals surface area contributed by atoms with E-state index < -0.39 is 10.5 Å². The van der Waals surface area contributed by atoms with Crippen LogP contribution in [0.15, 0.2) is 12.1 Å². The molecule has 0 radical (unpaired) electrons. The van der Waals surface area contributed by atoms with E-state index in [4.69, 9.17) is 26.3 Å². The first kappa shape index (κ1) is 12.7. The first-order valence-electron chi connectivity index (χ1n) is 4.20. The van der Waals surface area contributed by atoms with Crippen LogP contribution in [0.3, 0.4) is 0 Å². The molecule has 0 aliphatic carbocycles. The normalized spacial score (nSPS) is 12.1. The van der Waals surface area contributed by atoms with Gasteiger partial charge in [-0.2, -0.15) is 5.23 Å². The van der Waals surface area contributed by atoms with E-state index in [2.05, 4.69) is 0 Å². The molecule has 6 nitrogen and oxygen atoms in total. The highest BCUT2D eigenvalue weighted by Crippen LogP contribution is 2.32. The molecule has 1 aromatic rings. The van der Waals surface area contributed by atoms with E-state index in [-0.39, 0.29) is 22.7 Å². The molecule has 1 rings (SSSR count). The molecule has 0 amide bonds. The highest BCUT2D eigenvalue weighted by molar-refractivity contribution is 6.68. The van der Waals surface area contributed by atoms with Crippen LogP contribution in [0.4, 0.5) is 5.69 Å². The van der Waals surface area contributed by atoms with Gasteiger partial charge in [0.25, 0.3) is 5.24 Å². The zero-order chi connectivity index (χ0) is 12.3. The topological polar surface area (TPSA) is 83.3 Å². The van der Waals surface area contributed by atoms with Crippen molar-refractivity contribution in [3.8, 4) is 11.5 Å². The van der Waals surface area contributed by atoms with Crippen molar-refractivity contribution < 1.29 is 24.7 Å². The molecule has 7 heteroatoms. The number of quaternary nitrogens is 1. The van der Waals surface area contributed by atoms with Gasteiger partial charge >= 0.3 is 0 Å². The predicted molar refractivity (Wildman–Crippen MR) is 55.5 cm³/mol. The fourth-order valence-corrected chi connectivity index (χ4v) is 1.37. The minimum absolute atomic E-state index is 0.133. The molecular formula is C9H10ClNO5. The molecule has 2 N–H and O–H groups in total. The van der Waals surface area contributed by atoms with Gasteiger partial charge in [0.2, 0.25) is 0 Å². The van der Waals surface area contributed by atoms with Gasteiger partial charge in [-0.3, -0.25) is 4.79 Å². The lowest BCUT2D eigenvalue weighted by atomic mass is 10.1. The molecule has 0 spiro atoms. The Hall–Kier alpha value is -1.34. The first-order chi connectivity index (χ1) is 7.51. The molecule has 0 aliphatic heterocycles. The quantitative estimate of drug-likeness (QED) is 0.598. The summed E-state index contributed by atoms with van der Waals surface area (Å²) < 4.78 is 9.85. The minimum atomic E-state index is -1.26. The van der Waals surface area contributed by atoms with E-state index in [0.29, 0.717) is 0 Å². The van der Waals surface area contributed by atoms with Crippen molar-refractivity contribution in [2.24, 2.45) is 0 Å². The Balaban J connectivity index is 3.41. The van der Waals surface area contributed by atoms with Crippen molar-refractivity contribution in [1.82, 2.24) is 0 Å². The molecule has 0 bridgehead atoms. The van der Waals surface area contributed by atoms with E-state index in [0.717, 1.165) is 0 Å². The third-order valence-corrected chi connectivity index (χ3v) is 2.17. The second kappa shape index (κ2) is 5.13. The molecule has 88 valence electrons. The average molecular weight is 248 g/mol. The van der Waals surface area contributed by atoms with E-state index in [1.54, 1.807) is 0 Å². The number of methoxy groups -OCH3 is 2. The van der Waals surface area contributed by atoms with Gasteiger partial charge in [-0.25, -0.2) is 5.21 Å². The number of halogens is 1. The van der Waals surface area contributed by atoms with Crippen LogP contribution in [0.25, 0.3) is 0 Å². The largest absolute Gasteiger partial charge is 0.595 e. The van der Waals surface area contributed by atoms with Crippen molar-refractivity contribution in [2.45, 2.75) is 0 Å². The SMILES string of the molecule is COc1cc(C(=O)Cl)c([NH+]([O-])O)cc1OC. The number of hydrogen-bond donors (Lipinski definition) is 2. The molecule has 1 aromatic carbocycles. The summed E-state index contributed by atoms with van der Waals surface area (Å²) in [5.41, 5.74) is -0.357. The number of rotatable bonds is 4. The first-order valence-corrected chi connectivity index (χ1v) is 4.58. The van der Waals surface area contributed by atoms with Crippen LogP contribution in [0.2, 0.25) is 0 Å². The van der Waals surface area contributed by atoms with Crippen LogP contribution in [-0.4, -0.2) is 24.7 Å². The summed E-state index contributed by atoms with van der Waals surface area (Å²) in [6.07, 6.45) is 0. The van der Waals surface area contributed by atoms with Gasteiger partial charge in [0.1, 0.15) is 5.56 Å². The van der Waals surface area contributed by atoms with Crippen LogP contribution in [0, 0.1) is 5.21 Å². The van der Waals surface area contributed by atoms with Gasteiger partial charge in [-0.05, 0) is 11.6 Å². The standard InChI is InChI=1S/C9H10ClNO5/c1-15-7-3-5(9(10)12)6(11(13)14)4-8(7)16-2/h3-4,11,13H,1-2H3. The predicted octanol–water partition coefficient (Wildman–Crippen LogP) is 0.486. The van der Waals surface area contributed by atoms with Crippen molar-refractivity contribution in [3.05, 3.63) is 22.9 Å². The summed E-state index contributed by atoms with van der Waals surface area (Å²) in [4.78, 5) is 11.0. The summed E-state index contributed by atoms with van der Waals surface area (Å²) in [6, 6.07) is 2.42. The molecule has 0 heterocycles. The van der Waals surface area contributed by atoms with Crippen LogP contribution >= 0.6 is 11.6 Å². The van der Waals surface area contributed by atoms with Crippen LogP contribution < -0.4 is 14.7 Å². The molecule has 16 heavy (non-hydrogen) atoms. The number of hydrogen-bond acceptors (Lipinski definition) is 5. The van der Waals surface area contributed by atoms with E-state index >= 15 is 0 Å². The smallest absolute Gasteiger partial charge is 0.258 e. The summed E-state index contributed by atoms with van der Waals surface area (Å²) in [7, 11) is 2.74. The van der Waals surface area contributed by atoms with E-state index in [1.807, 2.05) is 0 Å². The van der Waals surface area contributed by atoms with Gasteiger partial charge in [-0.1, -0.05) is 0 Å². The lowest BCUT2D eigenvalue weighted by Gasteiger charge is -2.16. The average Bonchev–Trinajstić information content (AvgIpc) is 2.26. The summed E-state index contributed by atoms with van der Waals surface area (Å²) in [6.45, 7) is 0. The summed E-state index contributed by atoms with van der Waals surface area (Å²) in [5, 5.41) is 17.7.